The largest absolute Gasteiger partial charge is 0.402 e. The number of rotatable bonds is 4. The van der Waals surface area contributed by atoms with E-state index in [9.17, 15) is 0 Å². The van der Waals surface area contributed by atoms with Crippen LogP contribution in [0.25, 0.3) is 0 Å². The van der Waals surface area contributed by atoms with Crippen LogP contribution in [-0.4, -0.2) is 10.5 Å². The molecule has 3 radical (unpaired) electrons. The van der Waals surface area contributed by atoms with E-state index in [2.05, 4.69) is 46.9 Å². The fourth-order valence-electron chi connectivity index (χ4n) is 2.70. The van der Waals surface area contributed by atoms with Gasteiger partial charge in [-0.25, -0.2) is 0 Å². The normalized spacial score (nSPS) is 11.3. The smallest absolute Gasteiger partial charge is 0.248 e. The molecule has 1 nitrogen and oxygen atoms in total. The van der Waals surface area contributed by atoms with E-state index >= 15 is 0 Å². The molecular formula is C19H15OSi. The molecule has 0 aliphatic rings. The Morgan fingerprint density at radius 1 is 0.524 bits per heavy atom. The van der Waals surface area contributed by atoms with E-state index in [0.717, 1.165) is 16.7 Å². The summed E-state index contributed by atoms with van der Waals surface area (Å²) in [5, 5.41) is 0. The highest BCUT2D eigenvalue weighted by Gasteiger charge is 2.35. The van der Waals surface area contributed by atoms with Crippen LogP contribution in [0.5, 0.6) is 0 Å². The van der Waals surface area contributed by atoms with E-state index in [1.54, 1.807) is 0 Å². The highest BCUT2D eigenvalue weighted by molar-refractivity contribution is 5.99. The van der Waals surface area contributed by atoms with E-state index in [0.29, 0.717) is 0 Å². The Kier molecular flexibility index (Phi) is 4.00. The molecule has 3 aromatic carbocycles. The molecule has 0 atom stereocenters. The summed E-state index contributed by atoms with van der Waals surface area (Å²) in [6, 6.07) is 30.7. The zero-order valence-electron chi connectivity index (χ0n) is 11.6. The second kappa shape index (κ2) is 6.08. The van der Waals surface area contributed by atoms with Crippen LogP contribution in [0.15, 0.2) is 91.0 Å². The minimum Gasteiger partial charge on any atom is -0.402 e. The predicted molar refractivity (Wildman–Crippen MR) is 86.0 cm³/mol. The zero-order chi connectivity index (χ0) is 14.5. The molecule has 3 aromatic rings. The van der Waals surface area contributed by atoms with Gasteiger partial charge in [0.05, 0.1) is 0 Å². The van der Waals surface area contributed by atoms with Crippen LogP contribution >= 0.6 is 0 Å². The van der Waals surface area contributed by atoms with Crippen LogP contribution < -0.4 is 0 Å². The molecule has 0 N–H and O–H groups in total. The lowest BCUT2D eigenvalue weighted by atomic mass is 9.80. The van der Waals surface area contributed by atoms with Crippen molar-refractivity contribution in [3.63, 3.8) is 0 Å². The van der Waals surface area contributed by atoms with Gasteiger partial charge in [0, 0.05) is 0 Å². The lowest BCUT2D eigenvalue weighted by Crippen LogP contribution is -2.32. The van der Waals surface area contributed by atoms with Crippen molar-refractivity contribution < 1.29 is 4.43 Å². The van der Waals surface area contributed by atoms with Crippen LogP contribution in [0.2, 0.25) is 0 Å². The first-order valence-corrected chi connectivity index (χ1v) is 7.30. The predicted octanol–water partition coefficient (Wildman–Crippen LogP) is 4.08. The summed E-state index contributed by atoms with van der Waals surface area (Å²) in [4.78, 5) is 0. The maximum atomic E-state index is 5.90. The van der Waals surface area contributed by atoms with Crippen molar-refractivity contribution in [2.75, 3.05) is 0 Å². The highest BCUT2D eigenvalue weighted by Crippen LogP contribution is 2.39. The van der Waals surface area contributed by atoms with Crippen LogP contribution in [0.3, 0.4) is 0 Å². The maximum Gasteiger partial charge on any atom is 0.248 e. The standard InChI is InChI=1S/C19H15OSi/c21-20-19(16-10-4-1-5-11-16,17-12-6-2-7-13-17)18-14-8-3-9-15-18/h1-15H. The van der Waals surface area contributed by atoms with Crippen molar-refractivity contribution in [1.29, 1.82) is 0 Å². The van der Waals surface area contributed by atoms with Crippen LogP contribution in [0.1, 0.15) is 16.7 Å². The fraction of sp³-hybridized carbons (Fsp3) is 0.0526. The van der Waals surface area contributed by atoms with Gasteiger partial charge >= 0.3 is 0 Å². The Hall–Kier alpha value is -2.16. The molecule has 0 aliphatic carbocycles. The Labute approximate surface area is 128 Å². The summed E-state index contributed by atoms with van der Waals surface area (Å²) in [5.41, 5.74) is 2.58. The topological polar surface area (TPSA) is 9.23 Å². The van der Waals surface area contributed by atoms with E-state index in [-0.39, 0.29) is 0 Å². The van der Waals surface area contributed by atoms with Crippen LogP contribution in [0.4, 0.5) is 0 Å². The molecule has 0 saturated heterocycles. The zero-order valence-corrected chi connectivity index (χ0v) is 12.6. The van der Waals surface area contributed by atoms with Crippen molar-refractivity contribution in [3.8, 4) is 0 Å². The van der Waals surface area contributed by atoms with E-state index in [4.69, 9.17) is 4.43 Å². The second-order valence-electron chi connectivity index (χ2n) is 4.88. The quantitative estimate of drug-likeness (QED) is 0.519. The summed E-state index contributed by atoms with van der Waals surface area (Å²) in [7, 11) is 3.34. The molecule has 0 aromatic heterocycles. The Balaban J connectivity index is 2.29. The van der Waals surface area contributed by atoms with Gasteiger partial charge in [0.15, 0.2) is 0 Å². The third kappa shape index (κ3) is 2.44. The third-order valence-corrected chi connectivity index (χ3v) is 4.00. The summed E-state index contributed by atoms with van der Waals surface area (Å²) >= 11 is 0. The van der Waals surface area contributed by atoms with E-state index < -0.39 is 5.60 Å². The second-order valence-corrected chi connectivity index (χ2v) is 5.09. The summed E-state index contributed by atoms with van der Waals surface area (Å²) < 4.78 is 5.90. The number of hydrogen-bond donors (Lipinski definition) is 0. The Morgan fingerprint density at radius 2 is 0.810 bits per heavy atom. The van der Waals surface area contributed by atoms with Gasteiger partial charge < -0.3 is 4.43 Å². The first kappa shape index (κ1) is 13.8. The molecule has 0 spiro atoms. The first-order chi connectivity index (χ1) is 10.4. The van der Waals surface area contributed by atoms with Crippen molar-refractivity contribution in [2.45, 2.75) is 5.60 Å². The maximum absolute atomic E-state index is 5.90. The number of benzene rings is 3. The number of hydrogen-bond acceptors (Lipinski definition) is 1. The van der Waals surface area contributed by atoms with Crippen molar-refractivity contribution >= 4 is 10.5 Å². The molecule has 3 rings (SSSR count). The summed E-state index contributed by atoms with van der Waals surface area (Å²) in [5.74, 6) is 0. The minimum atomic E-state index is -0.666. The van der Waals surface area contributed by atoms with Gasteiger partial charge in [-0.1, -0.05) is 91.0 Å². The average Bonchev–Trinajstić information content (AvgIpc) is 2.59. The van der Waals surface area contributed by atoms with Gasteiger partial charge in [-0.3, -0.25) is 0 Å². The third-order valence-electron chi connectivity index (χ3n) is 3.69. The van der Waals surface area contributed by atoms with Gasteiger partial charge in [-0.15, -0.1) is 0 Å². The van der Waals surface area contributed by atoms with Gasteiger partial charge in [-0.2, -0.15) is 0 Å². The first-order valence-electron chi connectivity index (χ1n) is 6.89. The Morgan fingerprint density at radius 3 is 1.05 bits per heavy atom. The van der Waals surface area contributed by atoms with Crippen molar-refractivity contribution in [3.05, 3.63) is 108 Å². The fourth-order valence-corrected chi connectivity index (χ4v) is 3.05. The average molecular weight is 287 g/mol. The SMILES string of the molecule is [Si]OC(c1ccccc1)(c1ccccc1)c1ccccc1. The van der Waals surface area contributed by atoms with Gasteiger partial charge in [-0.05, 0) is 16.7 Å². The molecule has 0 fully saturated rings. The summed E-state index contributed by atoms with van der Waals surface area (Å²) in [6.07, 6.45) is 0. The molecule has 2 heteroatoms. The molecule has 0 bridgehead atoms. The lowest BCUT2D eigenvalue weighted by molar-refractivity contribution is 0.173. The Bertz CT molecular complexity index is 584. The molecule has 101 valence electrons. The molecule has 0 amide bonds. The summed E-state index contributed by atoms with van der Waals surface area (Å²) in [6.45, 7) is 0. The van der Waals surface area contributed by atoms with Crippen LogP contribution in [-0.2, 0) is 10.0 Å². The lowest BCUT2D eigenvalue weighted by Gasteiger charge is -2.34. The van der Waals surface area contributed by atoms with Crippen LogP contribution in [0, 0.1) is 0 Å². The molecule has 0 heterocycles. The highest BCUT2D eigenvalue weighted by atomic mass is 28.2. The van der Waals surface area contributed by atoms with E-state index in [1.165, 1.54) is 0 Å². The van der Waals surface area contributed by atoms with Crippen molar-refractivity contribution in [2.24, 2.45) is 0 Å². The molecular weight excluding hydrogens is 272 g/mol. The molecule has 21 heavy (non-hydrogen) atoms. The monoisotopic (exact) mass is 287 g/mol. The van der Waals surface area contributed by atoms with Gasteiger partial charge in [0.25, 0.3) is 0 Å². The molecule has 0 aliphatic heterocycles. The van der Waals surface area contributed by atoms with Gasteiger partial charge in [0.2, 0.25) is 10.5 Å². The molecule has 0 unspecified atom stereocenters. The van der Waals surface area contributed by atoms with Crippen molar-refractivity contribution in [1.82, 2.24) is 0 Å². The minimum absolute atomic E-state index is 0.666. The van der Waals surface area contributed by atoms with E-state index in [1.807, 2.05) is 54.6 Å². The molecule has 0 saturated carbocycles. The van der Waals surface area contributed by atoms with Gasteiger partial charge in [0.1, 0.15) is 5.60 Å².